The van der Waals surface area contributed by atoms with Crippen LogP contribution < -0.4 is 5.56 Å². The monoisotopic (exact) mass is 378 g/mol. The van der Waals surface area contributed by atoms with Gasteiger partial charge in [-0.1, -0.05) is 6.07 Å². The van der Waals surface area contributed by atoms with Crippen LogP contribution in [0.25, 0.3) is 11.5 Å². The summed E-state index contributed by atoms with van der Waals surface area (Å²) in [5, 5.41) is 4.45. The number of hydrogen-bond acceptors (Lipinski definition) is 5. The second-order valence-corrected chi connectivity index (χ2v) is 7.36. The van der Waals surface area contributed by atoms with Gasteiger partial charge in [0.2, 0.25) is 0 Å². The van der Waals surface area contributed by atoms with E-state index in [0.717, 1.165) is 44.7 Å². The highest BCUT2D eigenvalue weighted by molar-refractivity contribution is 5.48. The quantitative estimate of drug-likeness (QED) is 0.738. The van der Waals surface area contributed by atoms with Crippen molar-refractivity contribution in [3.05, 3.63) is 64.0 Å². The molecule has 0 radical (unpaired) electrons. The van der Waals surface area contributed by atoms with E-state index in [9.17, 15) is 4.79 Å². The number of H-pyrrole nitrogens is 1. The smallest absolute Gasteiger partial charge is 0.251 e. The molecule has 0 aromatic carbocycles. The van der Waals surface area contributed by atoms with Gasteiger partial charge in [0.05, 0.1) is 11.9 Å². The number of rotatable bonds is 5. The van der Waals surface area contributed by atoms with Crippen LogP contribution in [-0.2, 0) is 13.1 Å². The minimum Gasteiger partial charge on any atom is -0.305 e. The molecule has 3 aromatic rings. The van der Waals surface area contributed by atoms with Gasteiger partial charge < -0.3 is 4.98 Å². The van der Waals surface area contributed by atoms with Crippen molar-refractivity contribution in [1.82, 2.24) is 29.6 Å². The molecule has 0 spiro atoms. The lowest BCUT2D eigenvalue weighted by Crippen LogP contribution is -2.33. The first kappa shape index (κ1) is 18.6. The van der Waals surface area contributed by atoms with Crippen LogP contribution >= 0.6 is 0 Å². The van der Waals surface area contributed by atoms with Crippen molar-refractivity contribution in [3.8, 4) is 11.5 Å². The molecule has 4 heterocycles. The summed E-state index contributed by atoms with van der Waals surface area (Å²) in [6.45, 7) is 8.08. The zero-order chi connectivity index (χ0) is 19.5. The molecule has 1 N–H and O–H groups in total. The SMILES string of the molecule is CCn1ncc(CN2CCC(c3cc(=O)[nH]c(-c4ccccn4)n3)CC2)c1C. The Morgan fingerprint density at radius 2 is 2.07 bits per heavy atom. The number of aromatic amines is 1. The summed E-state index contributed by atoms with van der Waals surface area (Å²) in [6, 6.07) is 7.26. The zero-order valence-corrected chi connectivity index (χ0v) is 16.4. The normalized spacial score (nSPS) is 15.8. The summed E-state index contributed by atoms with van der Waals surface area (Å²) in [5.74, 6) is 0.855. The molecule has 0 saturated carbocycles. The van der Waals surface area contributed by atoms with Gasteiger partial charge in [-0.2, -0.15) is 5.10 Å². The molecule has 0 amide bonds. The second-order valence-electron chi connectivity index (χ2n) is 7.36. The fourth-order valence-electron chi connectivity index (χ4n) is 3.90. The first-order valence-electron chi connectivity index (χ1n) is 9.90. The first-order valence-corrected chi connectivity index (χ1v) is 9.90. The van der Waals surface area contributed by atoms with Crippen LogP contribution in [0.4, 0.5) is 0 Å². The molecule has 1 fully saturated rings. The van der Waals surface area contributed by atoms with E-state index in [1.807, 2.05) is 29.1 Å². The number of pyridine rings is 1. The van der Waals surface area contributed by atoms with Crippen LogP contribution in [0.15, 0.2) is 41.5 Å². The summed E-state index contributed by atoms with van der Waals surface area (Å²) in [4.78, 5) is 26.5. The van der Waals surface area contributed by atoms with E-state index in [4.69, 9.17) is 4.98 Å². The van der Waals surface area contributed by atoms with Crippen molar-refractivity contribution in [2.75, 3.05) is 13.1 Å². The van der Waals surface area contributed by atoms with Crippen molar-refractivity contribution < 1.29 is 0 Å². The molecule has 0 bridgehead atoms. The Bertz CT molecular complexity index is 986. The Hall–Kier alpha value is -2.80. The molecule has 28 heavy (non-hydrogen) atoms. The minimum atomic E-state index is -0.115. The van der Waals surface area contributed by atoms with Gasteiger partial charge in [0.25, 0.3) is 5.56 Å². The molecule has 0 aliphatic carbocycles. The summed E-state index contributed by atoms with van der Waals surface area (Å²) < 4.78 is 2.04. The number of hydrogen-bond donors (Lipinski definition) is 1. The third-order valence-electron chi connectivity index (χ3n) is 5.57. The lowest BCUT2D eigenvalue weighted by Gasteiger charge is -2.31. The Morgan fingerprint density at radius 1 is 1.25 bits per heavy atom. The van der Waals surface area contributed by atoms with Crippen molar-refractivity contribution in [1.29, 1.82) is 0 Å². The predicted molar refractivity (Wildman–Crippen MR) is 108 cm³/mol. The largest absolute Gasteiger partial charge is 0.305 e. The summed E-state index contributed by atoms with van der Waals surface area (Å²) in [7, 11) is 0. The van der Waals surface area contributed by atoms with Crippen LogP contribution in [0.3, 0.4) is 0 Å². The Kier molecular flexibility index (Phi) is 5.34. The summed E-state index contributed by atoms with van der Waals surface area (Å²) >= 11 is 0. The molecular formula is C21H26N6O. The number of aromatic nitrogens is 5. The lowest BCUT2D eigenvalue weighted by atomic mass is 9.93. The van der Waals surface area contributed by atoms with E-state index in [2.05, 4.69) is 33.8 Å². The molecule has 0 atom stereocenters. The van der Waals surface area contributed by atoms with E-state index < -0.39 is 0 Å². The summed E-state index contributed by atoms with van der Waals surface area (Å²) in [5.41, 5.74) is 4.00. The molecular weight excluding hydrogens is 352 g/mol. The topological polar surface area (TPSA) is 79.7 Å². The number of aryl methyl sites for hydroxylation is 1. The van der Waals surface area contributed by atoms with Gasteiger partial charge in [-0.25, -0.2) is 4.98 Å². The van der Waals surface area contributed by atoms with E-state index >= 15 is 0 Å². The molecule has 1 aliphatic rings. The van der Waals surface area contributed by atoms with Gasteiger partial charge in [-0.15, -0.1) is 0 Å². The highest BCUT2D eigenvalue weighted by Crippen LogP contribution is 2.28. The van der Waals surface area contributed by atoms with Gasteiger partial charge >= 0.3 is 0 Å². The van der Waals surface area contributed by atoms with Crippen LogP contribution in [0.2, 0.25) is 0 Å². The zero-order valence-electron chi connectivity index (χ0n) is 16.4. The van der Waals surface area contributed by atoms with Crippen LogP contribution in [-0.4, -0.2) is 42.7 Å². The molecule has 1 aliphatic heterocycles. The van der Waals surface area contributed by atoms with Gasteiger partial charge in [0, 0.05) is 42.5 Å². The van der Waals surface area contributed by atoms with Crippen LogP contribution in [0.5, 0.6) is 0 Å². The highest BCUT2D eigenvalue weighted by Gasteiger charge is 2.23. The van der Waals surface area contributed by atoms with E-state index in [0.29, 0.717) is 17.4 Å². The molecule has 146 valence electrons. The molecule has 7 nitrogen and oxygen atoms in total. The van der Waals surface area contributed by atoms with E-state index in [1.165, 1.54) is 11.3 Å². The van der Waals surface area contributed by atoms with Crippen molar-refractivity contribution in [2.45, 2.75) is 45.7 Å². The third-order valence-corrected chi connectivity index (χ3v) is 5.57. The second kappa shape index (κ2) is 8.06. The predicted octanol–water partition coefficient (Wildman–Crippen LogP) is 2.74. The Morgan fingerprint density at radius 3 is 2.75 bits per heavy atom. The molecule has 4 rings (SSSR count). The number of likely N-dealkylation sites (tertiary alicyclic amines) is 1. The first-order chi connectivity index (χ1) is 13.6. The van der Waals surface area contributed by atoms with Crippen molar-refractivity contribution in [3.63, 3.8) is 0 Å². The molecule has 1 saturated heterocycles. The van der Waals surface area contributed by atoms with Gasteiger partial charge in [0.15, 0.2) is 5.82 Å². The Labute approximate surface area is 164 Å². The fourth-order valence-corrected chi connectivity index (χ4v) is 3.90. The third kappa shape index (κ3) is 3.89. The maximum absolute atomic E-state index is 12.2. The molecule has 0 unspecified atom stereocenters. The van der Waals surface area contributed by atoms with Gasteiger partial charge in [0.1, 0.15) is 5.69 Å². The average molecular weight is 378 g/mol. The minimum absolute atomic E-state index is 0.115. The van der Waals surface area contributed by atoms with E-state index in [1.54, 1.807) is 12.3 Å². The number of nitrogens with zero attached hydrogens (tertiary/aromatic N) is 5. The molecule has 3 aromatic heterocycles. The standard InChI is InChI=1S/C21H26N6O/c1-3-27-15(2)17(13-23-27)14-26-10-7-16(8-11-26)19-12-20(28)25-21(24-19)18-6-4-5-9-22-18/h4-6,9,12-13,16H,3,7-8,10-11,14H2,1-2H3,(H,24,25,28). The van der Waals surface area contributed by atoms with E-state index in [-0.39, 0.29) is 5.56 Å². The number of piperidine rings is 1. The fraction of sp³-hybridized carbons (Fsp3) is 0.429. The van der Waals surface area contributed by atoms with Gasteiger partial charge in [-0.3, -0.25) is 19.4 Å². The average Bonchev–Trinajstić information content (AvgIpc) is 3.08. The maximum Gasteiger partial charge on any atom is 0.251 e. The summed E-state index contributed by atoms with van der Waals surface area (Å²) in [6.07, 6.45) is 5.70. The van der Waals surface area contributed by atoms with Gasteiger partial charge in [-0.05, 0) is 51.9 Å². The maximum atomic E-state index is 12.2. The Balaban J connectivity index is 1.44. The molecule has 7 heteroatoms. The van der Waals surface area contributed by atoms with Crippen LogP contribution in [0.1, 0.15) is 42.6 Å². The van der Waals surface area contributed by atoms with Crippen molar-refractivity contribution >= 4 is 0 Å². The van der Waals surface area contributed by atoms with Crippen molar-refractivity contribution in [2.24, 2.45) is 0 Å². The number of nitrogens with one attached hydrogen (secondary N) is 1. The highest BCUT2D eigenvalue weighted by atomic mass is 16.1. The lowest BCUT2D eigenvalue weighted by molar-refractivity contribution is 0.203. The van der Waals surface area contributed by atoms with Crippen LogP contribution in [0, 0.1) is 6.92 Å².